The number of nitrogens with one attached hydrogen (secondary N) is 1. The average Bonchev–Trinajstić information content (AvgIpc) is 2.45. The molecule has 1 N–H and O–H groups in total. The fourth-order valence-electron chi connectivity index (χ4n) is 2.35. The highest BCUT2D eigenvalue weighted by molar-refractivity contribution is 5.81. The molecular weight excluding hydrogens is 244 g/mol. The Bertz CT molecular complexity index is 320. The third kappa shape index (κ3) is 4.49. The third-order valence-electron chi connectivity index (χ3n) is 3.92. The standard InChI is InChI=1S/C14H26N2O3/c1-5-10(2)15-13(17)11(3)16-8-6-7-12(9-16)14(18)19-4/h10-12H,5-9H2,1-4H3,(H,15,17). The Kier molecular flexibility index (Phi) is 6.28. The second kappa shape index (κ2) is 7.48. The van der Waals surface area contributed by atoms with Crippen LogP contribution in [0.2, 0.25) is 0 Å². The molecule has 1 heterocycles. The van der Waals surface area contributed by atoms with Crippen molar-refractivity contribution >= 4 is 11.9 Å². The van der Waals surface area contributed by atoms with Crippen LogP contribution in [0, 0.1) is 5.92 Å². The van der Waals surface area contributed by atoms with Crippen LogP contribution in [0.3, 0.4) is 0 Å². The second-order valence-electron chi connectivity index (χ2n) is 5.35. The molecule has 0 radical (unpaired) electrons. The van der Waals surface area contributed by atoms with Gasteiger partial charge in [0, 0.05) is 12.6 Å². The summed E-state index contributed by atoms with van der Waals surface area (Å²) in [5.41, 5.74) is 0. The van der Waals surface area contributed by atoms with Crippen LogP contribution in [-0.4, -0.2) is 49.1 Å². The molecule has 0 spiro atoms. The number of nitrogens with zero attached hydrogens (tertiary/aromatic N) is 1. The Morgan fingerprint density at radius 1 is 1.42 bits per heavy atom. The summed E-state index contributed by atoms with van der Waals surface area (Å²) in [5, 5.41) is 2.99. The molecule has 0 bridgehead atoms. The quantitative estimate of drug-likeness (QED) is 0.762. The minimum atomic E-state index is -0.193. The van der Waals surface area contributed by atoms with Crippen molar-refractivity contribution in [3.8, 4) is 0 Å². The zero-order chi connectivity index (χ0) is 14.4. The van der Waals surface area contributed by atoms with Gasteiger partial charge < -0.3 is 10.1 Å². The van der Waals surface area contributed by atoms with E-state index in [1.165, 1.54) is 7.11 Å². The van der Waals surface area contributed by atoms with Crippen LogP contribution >= 0.6 is 0 Å². The highest BCUT2D eigenvalue weighted by Crippen LogP contribution is 2.19. The van der Waals surface area contributed by atoms with Crippen molar-refractivity contribution in [2.45, 2.75) is 52.1 Å². The fourth-order valence-corrected chi connectivity index (χ4v) is 2.35. The molecule has 1 amide bonds. The Balaban J connectivity index is 2.54. The highest BCUT2D eigenvalue weighted by Gasteiger charge is 2.31. The predicted molar refractivity (Wildman–Crippen MR) is 73.7 cm³/mol. The van der Waals surface area contributed by atoms with Gasteiger partial charge in [0.25, 0.3) is 0 Å². The number of carbonyl (C=O) groups excluding carboxylic acids is 2. The number of carbonyl (C=O) groups is 2. The van der Waals surface area contributed by atoms with Crippen LogP contribution in [0.5, 0.6) is 0 Å². The molecule has 110 valence electrons. The van der Waals surface area contributed by atoms with Gasteiger partial charge >= 0.3 is 5.97 Å². The topological polar surface area (TPSA) is 58.6 Å². The van der Waals surface area contributed by atoms with E-state index in [1.54, 1.807) is 0 Å². The lowest BCUT2D eigenvalue weighted by molar-refractivity contribution is -0.148. The minimum Gasteiger partial charge on any atom is -0.469 e. The number of methoxy groups -OCH3 is 1. The Labute approximate surface area is 115 Å². The molecule has 1 aliphatic heterocycles. The SMILES string of the molecule is CCC(C)NC(=O)C(C)N1CCCC(C(=O)OC)C1. The molecule has 1 saturated heterocycles. The van der Waals surface area contributed by atoms with Crippen molar-refractivity contribution in [2.75, 3.05) is 20.2 Å². The van der Waals surface area contributed by atoms with Crippen LogP contribution < -0.4 is 5.32 Å². The van der Waals surface area contributed by atoms with Crippen molar-refractivity contribution in [3.63, 3.8) is 0 Å². The number of amides is 1. The molecule has 0 aromatic rings. The van der Waals surface area contributed by atoms with Gasteiger partial charge in [-0.3, -0.25) is 14.5 Å². The van der Waals surface area contributed by atoms with Gasteiger partial charge in [0.1, 0.15) is 0 Å². The Morgan fingerprint density at radius 2 is 2.11 bits per heavy atom. The summed E-state index contributed by atoms with van der Waals surface area (Å²) < 4.78 is 4.79. The molecule has 1 rings (SSSR count). The zero-order valence-electron chi connectivity index (χ0n) is 12.4. The van der Waals surface area contributed by atoms with Crippen LogP contribution in [-0.2, 0) is 14.3 Å². The van der Waals surface area contributed by atoms with Gasteiger partial charge in [0.05, 0.1) is 19.1 Å². The van der Waals surface area contributed by atoms with E-state index in [4.69, 9.17) is 4.74 Å². The van der Waals surface area contributed by atoms with Gasteiger partial charge in [0.15, 0.2) is 0 Å². The summed E-state index contributed by atoms with van der Waals surface area (Å²) >= 11 is 0. The van der Waals surface area contributed by atoms with E-state index in [0.29, 0.717) is 6.54 Å². The van der Waals surface area contributed by atoms with E-state index in [-0.39, 0.29) is 29.9 Å². The molecular formula is C14H26N2O3. The predicted octanol–water partition coefficient (Wildman–Crippen LogP) is 1.17. The highest BCUT2D eigenvalue weighted by atomic mass is 16.5. The summed E-state index contributed by atoms with van der Waals surface area (Å²) in [7, 11) is 1.42. The first-order valence-electron chi connectivity index (χ1n) is 7.11. The van der Waals surface area contributed by atoms with E-state index in [0.717, 1.165) is 25.8 Å². The van der Waals surface area contributed by atoms with Crippen molar-refractivity contribution in [3.05, 3.63) is 0 Å². The van der Waals surface area contributed by atoms with E-state index in [9.17, 15) is 9.59 Å². The molecule has 1 fully saturated rings. The summed E-state index contributed by atoms with van der Waals surface area (Å²) in [4.78, 5) is 25.7. The lowest BCUT2D eigenvalue weighted by atomic mass is 9.97. The molecule has 19 heavy (non-hydrogen) atoms. The maximum absolute atomic E-state index is 12.1. The molecule has 5 nitrogen and oxygen atoms in total. The number of ether oxygens (including phenoxy) is 1. The molecule has 3 atom stereocenters. The van der Waals surface area contributed by atoms with Gasteiger partial charge in [-0.25, -0.2) is 0 Å². The largest absolute Gasteiger partial charge is 0.469 e. The average molecular weight is 270 g/mol. The van der Waals surface area contributed by atoms with E-state index in [2.05, 4.69) is 10.2 Å². The molecule has 3 unspecified atom stereocenters. The van der Waals surface area contributed by atoms with E-state index in [1.807, 2.05) is 20.8 Å². The van der Waals surface area contributed by atoms with Gasteiger partial charge in [0.2, 0.25) is 5.91 Å². The second-order valence-corrected chi connectivity index (χ2v) is 5.35. The van der Waals surface area contributed by atoms with Crippen LogP contribution in [0.25, 0.3) is 0 Å². The fraction of sp³-hybridized carbons (Fsp3) is 0.857. The van der Waals surface area contributed by atoms with Crippen LogP contribution in [0.4, 0.5) is 0 Å². The van der Waals surface area contributed by atoms with Crippen molar-refractivity contribution in [1.82, 2.24) is 10.2 Å². The number of rotatable bonds is 5. The Hall–Kier alpha value is -1.10. The summed E-state index contributed by atoms with van der Waals surface area (Å²) in [5.74, 6) is -0.225. The minimum absolute atomic E-state index is 0.0415. The first-order chi connectivity index (χ1) is 8.99. The van der Waals surface area contributed by atoms with Crippen molar-refractivity contribution < 1.29 is 14.3 Å². The maximum atomic E-state index is 12.1. The molecule has 0 aromatic heterocycles. The first kappa shape index (κ1) is 16.0. The normalized spacial score (nSPS) is 23.5. The number of hydrogen-bond donors (Lipinski definition) is 1. The van der Waals surface area contributed by atoms with Crippen LogP contribution in [0.15, 0.2) is 0 Å². The zero-order valence-corrected chi connectivity index (χ0v) is 12.4. The lowest BCUT2D eigenvalue weighted by Crippen LogP contribution is -2.51. The molecule has 0 aromatic carbocycles. The van der Waals surface area contributed by atoms with E-state index < -0.39 is 0 Å². The van der Waals surface area contributed by atoms with Crippen molar-refractivity contribution in [1.29, 1.82) is 0 Å². The first-order valence-corrected chi connectivity index (χ1v) is 7.11. The molecule has 5 heteroatoms. The number of hydrogen-bond acceptors (Lipinski definition) is 4. The monoisotopic (exact) mass is 270 g/mol. The smallest absolute Gasteiger partial charge is 0.309 e. The molecule has 1 aliphatic rings. The van der Waals surface area contributed by atoms with Gasteiger partial charge in [-0.1, -0.05) is 6.92 Å². The van der Waals surface area contributed by atoms with Crippen molar-refractivity contribution in [2.24, 2.45) is 5.92 Å². The van der Waals surface area contributed by atoms with Gasteiger partial charge in [-0.2, -0.15) is 0 Å². The third-order valence-corrected chi connectivity index (χ3v) is 3.92. The summed E-state index contributed by atoms with van der Waals surface area (Å²) in [6, 6.07) is -0.00222. The summed E-state index contributed by atoms with van der Waals surface area (Å²) in [6.07, 6.45) is 2.70. The molecule has 0 saturated carbocycles. The van der Waals surface area contributed by atoms with Gasteiger partial charge in [-0.15, -0.1) is 0 Å². The van der Waals surface area contributed by atoms with E-state index >= 15 is 0 Å². The number of esters is 1. The van der Waals surface area contributed by atoms with Gasteiger partial charge in [-0.05, 0) is 39.7 Å². The number of piperidine rings is 1. The maximum Gasteiger partial charge on any atom is 0.309 e. The number of likely N-dealkylation sites (tertiary alicyclic amines) is 1. The molecule has 0 aliphatic carbocycles. The summed E-state index contributed by atoms with van der Waals surface area (Å²) in [6.45, 7) is 7.42. The lowest BCUT2D eigenvalue weighted by Gasteiger charge is -2.35. The Morgan fingerprint density at radius 3 is 2.68 bits per heavy atom. The van der Waals surface area contributed by atoms with Crippen LogP contribution in [0.1, 0.15) is 40.0 Å².